The predicted molar refractivity (Wildman–Crippen MR) is 129 cm³/mol. The van der Waals surface area contributed by atoms with E-state index < -0.39 is 0 Å². The lowest BCUT2D eigenvalue weighted by molar-refractivity contribution is -0.151. The standard InChI is InChI=1S/C29H46O4/c1-19(5-8-26(32)33-4)23-6-7-24-27-21(12-16-31)18-22-17-20(11-15-30)9-13-28(22,2)25(27)10-14-29(23,24)3/h15-16,19-25,27H,5-14,17-18H2,1-4H3/t19-,20+,21-,22?,23-,24?,25?,27?,28+,29-/m1/s1. The molecule has 4 heteroatoms. The molecular formula is C29H46O4. The first-order valence-electron chi connectivity index (χ1n) is 13.7. The molecule has 4 unspecified atom stereocenters. The van der Waals surface area contributed by atoms with E-state index in [4.69, 9.17) is 4.74 Å². The van der Waals surface area contributed by atoms with Crippen LogP contribution in [0, 0.1) is 58.2 Å². The van der Waals surface area contributed by atoms with Crippen molar-refractivity contribution in [3.8, 4) is 0 Å². The molecule has 0 amide bonds. The van der Waals surface area contributed by atoms with Crippen molar-refractivity contribution in [2.45, 2.75) is 97.8 Å². The number of ether oxygens (including phenoxy) is 1. The summed E-state index contributed by atoms with van der Waals surface area (Å²) in [7, 11) is 1.48. The van der Waals surface area contributed by atoms with Crippen LogP contribution >= 0.6 is 0 Å². The molecule has 0 bridgehead atoms. The number of hydrogen-bond donors (Lipinski definition) is 0. The number of rotatable bonds is 8. The summed E-state index contributed by atoms with van der Waals surface area (Å²) >= 11 is 0. The number of esters is 1. The third-order valence-electron chi connectivity index (χ3n) is 11.6. The summed E-state index contributed by atoms with van der Waals surface area (Å²) in [6.07, 6.45) is 15.1. The van der Waals surface area contributed by atoms with E-state index in [0.717, 1.165) is 18.6 Å². The Balaban J connectivity index is 1.56. The quantitative estimate of drug-likeness (QED) is 0.318. The van der Waals surface area contributed by atoms with Crippen LogP contribution in [0.1, 0.15) is 97.8 Å². The van der Waals surface area contributed by atoms with Gasteiger partial charge in [-0.05, 0) is 116 Å². The highest BCUT2D eigenvalue weighted by molar-refractivity contribution is 5.69. The van der Waals surface area contributed by atoms with Crippen LogP contribution in [0.15, 0.2) is 0 Å². The number of methoxy groups -OCH3 is 1. The maximum absolute atomic E-state index is 11.8. The molecule has 4 fully saturated rings. The van der Waals surface area contributed by atoms with Crippen molar-refractivity contribution in [1.29, 1.82) is 0 Å². The highest BCUT2D eigenvalue weighted by atomic mass is 16.5. The van der Waals surface area contributed by atoms with Crippen LogP contribution < -0.4 is 0 Å². The molecule has 0 N–H and O–H groups in total. The highest BCUT2D eigenvalue weighted by Crippen LogP contribution is 2.70. The summed E-state index contributed by atoms with van der Waals surface area (Å²) in [4.78, 5) is 34.7. The first-order valence-corrected chi connectivity index (χ1v) is 13.7. The van der Waals surface area contributed by atoms with Crippen LogP contribution in [0.5, 0.6) is 0 Å². The van der Waals surface area contributed by atoms with E-state index >= 15 is 0 Å². The fourth-order valence-corrected chi connectivity index (χ4v) is 9.86. The molecule has 0 aliphatic heterocycles. The lowest BCUT2D eigenvalue weighted by Crippen LogP contribution is -2.56. The summed E-state index contributed by atoms with van der Waals surface area (Å²) in [6, 6.07) is 0. The van der Waals surface area contributed by atoms with Gasteiger partial charge in [-0.25, -0.2) is 0 Å². The van der Waals surface area contributed by atoms with Crippen LogP contribution in [0.3, 0.4) is 0 Å². The van der Waals surface area contributed by atoms with Gasteiger partial charge in [-0.2, -0.15) is 0 Å². The molecule has 4 nitrogen and oxygen atoms in total. The van der Waals surface area contributed by atoms with E-state index in [1.807, 2.05) is 0 Å². The Morgan fingerprint density at radius 1 is 0.970 bits per heavy atom. The van der Waals surface area contributed by atoms with Crippen LogP contribution in [-0.4, -0.2) is 25.7 Å². The SMILES string of the molecule is COC(=O)CC[C@@H](C)[C@H]1CCC2C3C(CC[C@@]21C)[C@@]1(C)CC[C@@H](CC=O)CC1C[C@H]3CC=O. The Hall–Kier alpha value is -1.19. The van der Waals surface area contributed by atoms with E-state index in [9.17, 15) is 14.4 Å². The van der Waals surface area contributed by atoms with E-state index in [0.29, 0.717) is 71.5 Å². The minimum absolute atomic E-state index is 0.0901. The average Bonchev–Trinajstić information content (AvgIpc) is 3.15. The van der Waals surface area contributed by atoms with Crippen molar-refractivity contribution in [2.75, 3.05) is 7.11 Å². The maximum Gasteiger partial charge on any atom is 0.305 e. The van der Waals surface area contributed by atoms with Crippen LogP contribution in [0.25, 0.3) is 0 Å². The Morgan fingerprint density at radius 3 is 2.36 bits per heavy atom. The molecule has 4 aliphatic rings. The van der Waals surface area contributed by atoms with Crippen LogP contribution in [-0.2, 0) is 19.1 Å². The minimum Gasteiger partial charge on any atom is -0.469 e. The predicted octanol–water partition coefficient (Wildman–Crippen LogP) is 6.25. The lowest BCUT2D eigenvalue weighted by Gasteiger charge is -2.63. The summed E-state index contributed by atoms with van der Waals surface area (Å²) in [5.74, 6) is 4.93. The van der Waals surface area contributed by atoms with Gasteiger partial charge in [-0.1, -0.05) is 20.8 Å². The zero-order chi connectivity index (χ0) is 23.8. The Labute approximate surface area is 201 Å². The fraction of sp³-hybridized carbons (Fsp3) is 0.897. The molecule has 4 rings (SSSR count). The first-order chi connectivity index (χ1) is 15.8. The summed E-state index contributed by atoms with van der Waals surface area (Å²) < 4.78 is 4.90. The first kappa shape index (κ1) is 24.9. The van der Waals surface area contributed by atoms with Gasteiger partial charge in [0, 0.05) is 19.3 Å². The summed E-state index contributed by atoms with van der Waals surface area (Å²) in [6.45, 7) is 7.47. The van der Waals surface area contributed by atoms with Crippen molar-refractivity contribution < 1.29 is 19.1 Å². The molecule has 0 aromatic rings. The van der Waals surface area contributed by atoms with Crippen molar-refractivity contribution in [3.63, 3.8) is 0 Å². The van der Waals surface area contributed by atoms with Gasteiger partial charge in [0.2, 0.25) is 0 Å². The third-order valence-corrected chi connectivity index (χ3v) is 11.6. The number of hydrogen-bond acceptors (Lipinski definition) is 4. The van der Waals surface area contributed by atoms with Crippen molar-refractivity contribution in [1.82, 2.24) is 0 Å². The molecule has 0 saturated heterocycles. The Kier molecular flexibility index (Phi) is 7.41. The van der Waals surface area contributed by atoms with Gasteiger partial charge < -0.3 is 14.3 Å². The van der Waals surface area contributed by atoms with Crippen molar-refractivity contribution in [2.24, 2.45) is 58.2 Å². The van der Waals surface area contributed by atoms with E-state index in [1.165, 1.54) is 64.8 Å². The molecule has 33 heavy (non-hydrogen) atoms. The second-order valence-electron chi connectivity index (χ2n) is 12.8. The number of aldehydes is 2. The van der Waals surface area contributed by atoms with E-state index in [2.05, 4.69) is 20.8 Å². The summed E-state index contributed by atoms with van der Waals surface area (Å²) in [5, 5.41) is 0. The fourth-order valence-electron chi connectivity index (χ4n) is 9.86. The molecule has 4 aliphatic carbocycles. The topological polar surface area (TPSA) is 60.4 Å². The van der Waals surface area contributed by atoms with Gasteiger partial charge in [0.1, 0.15) is 12.6 Å². The van der Waals surface area contributed by atoms with Crippen molar-refractivity contribution >= 4 is 18.5 Å². The van der Waals surface area contributed by atoms with Crippen molar-refractivity contribution in [3.05, 3.63) is 0 Å². The zero-order valence-electron chi connectivity index (χ0n) is 21.4. The normalized spacial score (nSPS) is 45.3. The van der Waals surface area contributed by atoms with Gasteiger partial charge in [-0.3, -0.25) is 4.79 Å². The Bertz CT molecular complexity index is 733. The van der Waals surface area contributed by atoms with Gasteiger partial charge in [0.25, 0.3) is 0 Å². The largest absolute Gasteiger partial charge is 0.469 e. The van der Waals surface area contributed by atoms with Gasteiger partial charge in [0.05, 0.1) is 7.11 Å². The van der Waals surface area contributed by atoms with Gasteiger partial charge in [0.15, 0.2) is 0 Å². The molecule has 186 valence electrons. The molecule has 10 atom stereocenters. The molecule has 0 radical (unpaired) electrons. The highest BCUT2D eigenvalue weighted by Gasteiger charge is 2.62. The van der Waals surface area contributed by atoms with Gasteiger partial charge in [-0.15, -0.1) is 0 Å². The zero-order valence-corrected chi connectivity index (χ0v) is 21.4. The van der Waals surface area contributed by atoms with E-state index in [-0.39, 0.29) is 5.97 Å². The van der Waals surface area contributed by atoms with Crippen LogP contribution in [0.4, 0.5) is 0 Å². The molecule has 0 spiro atoms. The Morgan fingerprint density at radius 2 is 1.67 bits per heavy atom. The van der Waals surface area contributed by atoms with Gasteiger partial charge >= 0.3 is 5.97 Å². The average molecular weight is 459 g/mol. The smallest absolute Gasteiger partial charge is 0.305 e. The molecule has 0 heterocycles. The molecule has 4 saturated carbocycles. The maximum atomic E-state index is 11.8. The number of carbonyl (C=O) groups is 3. The summed E-state index contributed by atoms with van der Waals surface area (Å²) in [5.41, 5.74) is 0.703. The number of carbonyl (C=O) groups excluding carboxylic acids is 3. The second kappa shape index (κ2) is 9.82. The molecular weight excluding hydrogens is 412 g/mol. The monoisotopic (exact) mass is 458 g/mol. The molecule has 0 aromatic carbocycles. The second-order valence-corrected chi connectivity index (χ2v) is 12.8. The van der Waals surface area contributed by atoms with E-state index in [1.54, 1.807) is 0 Å². The van der Waals surface area contributed by atoms with Crippen LogP contribution in [0.2, 0.25) is 0 Å². The molecule has 0 aromatic heterocycles. The third kappa shape index (κ3) is 4.33. The lowest BCUT2D eigenvalue weighted by atomic mass is 9.41. The number of fused-ring (bicyclic) bond motifs is 5. The minimum atomic E-state index is -0.0901.